The lowest BCUT2D eigenvalue weighted by molar-refractivity contribution is -0.140. The molecule has 1 N–H and O–H groups in total. The van der Waals surface area contributed by atoms with Crippen molar-refractivity contribution < 1.29 is 24.2 Å². The molecule has 1 unspecified atom stereocenters. The normalized spacial score (nSPS) is 16.7. The highest BCUT2D eigenvalue weighted by molar-refractivity contribution is 6.46. The molecular weight excluding hydrogens is 468 g/mol. The molecular formula is C30H32N2O5. The van der Waals surface area contributed by atoms with E-state index in [1.807, 2.05) is 37.3 Å². The minimum atomic E-state index is -0.773. The van der Waals surface area contributed by atoms with Crippen LogP contribution >= 0.6 is 0 Å². The second-order valence-electron chi connectivity index (χ2n) is 8.94. The maximum atomic E-state index is 13.3. The van der Waals surface area contributed by atoms with Gasteiger partial charge in [-0.05, 0) is 54.3 Å². The number of Topliss-reactive ketones (excluding diaryl/α,β-unsaturated/α-hetero) is 1. The third-order valence-electron chi connectivity index (χ3n) is 6.16. The molecule has 7 nitrogen and oxygen atoms in total. The zero-order valence-electron chi connectivity index (χ0n) is 21.2. The highest BCUT2D eigenvalue weighted by Crippen LogP contribution is 2.41. The first-order valence-electron chi connectivity index (χ1n) is 12.7. The predicted octanol–water partition coefficient (Wildman–Crippen LogP) is 5.67. The van der Waals surface area contributed by atoms with Crippen LogP contribution in [0.3, 0.4) is 0 Å². The first kappa shape index (κ1) is 25.9. The molecule has 1 aliphatic rings. The first-order chi connectivity index (χ1) is 18.0. The smallest absolute Gasteiger partial charge is 0.295 e. The number of ketones is 1. The number of hydrogen-bond acceptors (Lipinski definition) is 6. The summed E-state index contributed by atoms with van der Waals surface area (Å²) in [5.41, 5.74) is 1.94. The van der Waals surface area contributed by atoms with Crippen LogP contribution in [0.15, 0.2) is 78.6 Å². The lowest BCUT2D eigenvalue weighted by Crippen LogP contribution is -2.29. The third kappa shape index (κ3) is 6.00. The number of rotatable bonds is 11. The molecule has 192 valence electrons. The molecule has 2 heterocycles. The van der Waals surface area contributed by atoms with Crippen molar-refractivity contribution in [1.82, 2.24) is 9.88 Å². The van der Waals surface area contributed by atoms with Gasteiger partial charge in [0.05, 0.1) is 24.8 Å². The Bertz CT molecular complexity index is 1250. The van der Waals surface area contributed by atoms with Crippen LogP contribution in [0.4, 0.5) is 0 Å². The van der Waals surface area contributed by atoms with Crippen LogP contribution in [-0.2, 0) is 16.1 Å². The van der Waals surface area contributed by atoms with Crippen molar-refractivity contribution in [1.29, 1.82) is 0 Å². The van der Waals surface area contributed by atoms with E-state index in [4.69, 9.17) is 9.47 Å². The van der Waals surface area contributed by atoms with E-state index in [9.17, 15) is 14.7 Å². The Hall–Kier alpha value is -4.13. The lowest BCUT2D eigenvalue weighted by atomic mass is 9.95. The Balaban J connectivity index is 1.75. The van der Waals surface area contributed by atoms with Crippen molar-refractivity contribution in [2.45, 2.75) is 45.7 Å². The van der Waals surface area contributed by atoms with E-state index in [0.717, 1.165) is 24.8 Å². The second kappa shape index (κ2) is 12.2. The monoisotopic (exact) mass is 500 g/mol. The number of carbonyl (C=O) groups is 2. The number of aromatic nitrogens is 1. The number of ether oxygens (including phenoxy) is 2. The average molecular weight is 501 g/mol. The van der Waals surface area contributed by atoms with Crippen LogP contribution in [0.1, 0.15) is 55.8 Å². The summed E-state index contributed by atoms with van der Waals surface area (Å²) in [6, 6.07) is 17.1. The summed E-state index contributed by atoms with van der Waals surface area (Å²) in [7, 11) is 0. The topological polar surface area (TPSA) is 89.0 Å². The van der Waals surface area contributed by atoms with Gasteiger partial charge in [0.15, 0.2) is 0 Å². The fraction of sp³-hybridized carbons (Fsp3) is 0.300. The van der Waals surface area contributed by atoms with E-state index in [1.165, 1.54) is 4.90 Å². The number of unbranched alkanes of at least 4 members (excludes halogenated alkanes) is 1. The van der Waals surface area contributed by atoms with Gasteiger partial charge in [0.2, 0.25) is 0 Å². The molecule has 0 saturated carbocycles. The number of amides is 1. The molecule has 0 aliphatic carbocycles. The van der Waals surface area contributed by atoms with E-state index in [0.29, 0.717) is 35.8 Å². The zero-order valence-corrected chi connectivity index (χ0v) is 21.2. The van der Waals surface area contributed by atoms with Crippen molar-refractivity contribution in [3.05, 3.63) is 95.3 Å². The Morgan fingerprint density at radius 2 is 1.73 bits per heavy atom. The number of likely N-dealkylation sites (tertiary alicyclic amines) is 1. The molecule has 0 bridgehead atoms. The van der Waals surface area contributed by atoms with E-state index in [2.05, 4.69) is 11.9 Å². The molecule has 1 aromatic heterocycles. The minimum absolute atomic E-state index is 0.0434. The van der Waals surface area contributed by atoms with Gasteiger partial charge in [-0.3, -0.25) is 14.6 Å². The Kier molecular flexibility index (Phi) is 8.56. The van der Waals surface area contributed by atoms with Crippen LogP contribution in [0.5, 0.6) is 11.5 Å². The molecule has 7 heteroatoms. The van der Waals surface area contributed by atoms with Gasteiger partial charge in [-0.2, -0.15) is 0 Å². The number of aliphatic hydroxyl groups excluding tert-OH is 1. The molecule has 37 heavy (non-hydrogen) atoms. The predicted molar refractivity (Wildman–Crippen MR) is 141 cm³/mol. The Labute approximate surface area is 217 Å². The van der Waals surface area contributed by atoms with Crippen LogP contribution in [0.2, 0.25) is 0 Å². The van der Waals surface area contributed by atoms with Crippen molar-refractivity contribution in [2.75, 3.05) is 13.2 Å². The highest BCUT2D eigenvalue weighted by atomic mass is 16.5. The molecule has 4 rings (SSSR count). The Morgan fingerprint density at radius 1 is 0.946 bits per heavy atom. The largest absolute Gasteiger partial charge is 0.507 e. The maximum Gasteiger partial charge on any atom is 0.295 e. The van der Waals surface area contributed by atoms with Gasteiger partial charge < -0.3 is 19.5 Å². The fourth-order valence-electron chi connectivity index (χ4n) is 4.27. The number of carbonyl (C=O) groups excluding carboxylic acids is 2. The number of hydrogen-bond donors (Lipinski definition) is 1. The van der Waals surface area contributed by atoms with E-state index in [-0.39, 0.29) is 17.9 Å². The molecule has 1 fully saturated rings. The summed E-state index contributed by atoms with van der Waals surface area (Å²) in [4.78, 5) is 32.2. The van der Waals surface area contributed by atoms with E-state index in [1.54, 1.807) is 42.7 Å². The van der Waals surface area contributed by atoms with Gasteiger partial charge >= 0.3 is 0 Å². The molecule has 2 aromatic carbocycles. The van der Waals surface area contributed by atoms with E-state index < -0.39 is 17.7 Å². The quantitative estimate of drug-likeness (QED) is 0.158. The minimum Gasteiger partial charge on any atom is -0.507 e. The molecule has 0 radical (unpaired) electrons. The van der Waals surface area contributed by atoms with Crippen LogP contribution in [-0.4, -0.2) is 39.9 Å². The molecule has 3 aromatic rings. The molecule has 1 aliphatic heterocycles. The summed E-state index contributed by atoms with van der Waals surface area (Å²) in [5.74, 6) is -0.334. The summed E-state index contributed by atoms with van der Waals surface area (Å²) in [5, 5.41) is 11.4. The van der Waals surface area contributed by atoms with Gasteiger partial charge in [0, 0.05) is 24.5 Å². The molecule has 1 saturated heterocycles. The first-order valence-corrected chi connectivity index (χ1v) is 12.7. The summed E-state index contributed by atoms with van der Waals surface area (Å²) in [6.45, 7) is 5.44. The number of benzene rings is 2. The van der Waals surface area contributed by atoms with Crippen LogP contribution in [0.25, 0.3) is 5.76 Å². The maximum absolute atomic E-state index is 13.3. The second-order valence-corrected chi connectivity index (χ2v) is 8.94. The molecule has 0 spiro atoms. The van der Waals surface area contributed by atoms with Gasteiger partial charge in [-0.1, -0.05) is 50.6 Å². The summed E-state index contributed by atoms with van der Waals surface area (Å²) >= 11 is 0. The summed E-state index contributed by atoms with van der Waals surface area (Å²) < 4.78 is 11.5. The zero-order chi connectivity index (χ0) is 26.2. The van der Waals surface area contributed by atoms with Crippen LogP contribution < -0.4 is 9.47 Å². The number of aliphatic hydroxyl groups is 1. The fourth-order valence-corrected chi connectivity index (χ4v) is 4.27. The SMILES string of the molecule is CCCCOc1cccc(C(O)=C2C(=O)C(=O)N(Cc3cccnc3)C2c2ccc(OCCC)cc2)c1. The van der Waals surface area contributed by atoms with Crippen molar-refractivity contribution in [3.63, 3.8) is 0 Å². The number of nitrogens with zero attached hydrogens (tertiary/aromatic N) is 2. The highest BCUT2D eigenvalue weighted by Gasteiger charge is 2.46. The van der Waals surface area contributed by atoms with Gasteiger partial charge in [0.25, 0.3) is 11.7 Å². The number of pyridine rings is 1. The van der Waals surface area contributed by atoms with E-state index >= 15 is 0 Å². The Morgan fingerprint density at radius 3 is 2.43 bits per heavy atom. The van der Waals surface area contributed by atoms with Crippen molar-refractivity contribution in [3.8, 4) is 11.5 Å². The standard InChI is InChI=1S/C30H32N2O5/c1-3-5-17-37-25-10-6-9-23(18-25)28(33)26-27(22-11-13-24(14-12-22)36-16-4-2)32(30(35)29(26)34)20-21-8-7-15-31-19-21/h6-15,18-19,27,33H,3-5,16-17,20H2,1-2H3. The van der Waals surface area contributed by atoms with Gasteiger partial charge in [0.1, 0.15) is 17.3 Å². The van der Waals surface area contributed by atoms with Crippen molar-refractivity contribution in [2.24, 2.45) is 0 Å². The molecule has 1 atom stereocenters. The average Bonchev–Trinajstić information content (AvgIpc) is 3.17. The van der Waals surface area contributed by atoms with Crippen molar-refractivity contribution >= 4 is 17.4 Å². The summed E-state index contributed by atoms with van der Waals surface area (Å²) in [6.07, 6.45) is 6.11. The molecule has 1 amide bonds. The third-order valence-corrected chi connectivity index (χ3v) is 6.16. The van der Waals surface area contributed by atoms with Gasteiger partial charge in [-0.15, -0.1) is 0 Å². The lowest BCUT2D eigenvalue weighted by Gasteiger charge is -2.25. The van der Waals surface area contributed by atoms with Crippen LogP contribution in [0, 0.1) is 0 Å². The van der Waals surface area contributed by atoms with Gasteiger partial charge in [-0.25, -0.2) is 0 Å².